The highest BCUT2D eigenvalue weighted by Crippen LogP contribution is 2.08. The second-order valence-corrected chi connectivity index (χ2v) is 2.97. The van der Waals surface area contributed by atoms with Gasteiger partial charge in [0.15, 0.2) is 0 Å². The fraction of sp³-hybridized carbons (Fsp3) is 0.273. The van der Waals surface area contributed by atoms with E-state index in [0.717, 1.165) is 11.1 Å². The Labute approximate surface area is 78.2 Å². The van der Waals surface area contributed by atoms with Gasteiger partial charge in [0.2, 0.25) is 0 Å². The van der Waals surface area contributed by atoms with Crippen LogP contribution in [0.25, 0.3) is 6.08 Å². The molecule has 1 rings (SSSR count). The van der Waals surface area contributed by atoms with Crippen molar-refractivity contribution in [1.82, 2.24) is 0 Å². The lowest BCUT2D eigenvalue weighted by Crippen LogP contribution is -2.06. The molecule has 1 unspecified atom stereocenters. The van der Waals surface area contributed by atoms with Gasteiger partial charge in [-0.15, -0.1) is 0 Å². The minimum atomic E-state index is -0.764. The first-order valence-corrected chi connectivity index (χ1v) is 4.27. The SMILES string of the molecule is Cc1ccccc1/C=C/C(O)CO. The van der Waals surface area contributed by atoms with Crippen LogP contribution in [0.5, 0.6) is 0 Å². The smallest absolute Gasteiger partial charge is 0.0954 e. The number of rotatable bonds is 3. The molecule has 0 bridgehead atoms. The monoisotopic (exact) mass is 178 g/mol. The summed E-state index contributed by atoms with van der Waals surface area (Å²) >= 11 is 0. The third-order valence-corrected chi connectivity index (χ3v) is 1.87. The van der Waals surface area contributed by atoms with Gasteiger partial charge in [0.05, 0.1) is 12.7 Å². The maximum Gasteiger partial charge on any atom is 0.0954 e. The fourth-order valence-corrected chi connectivity index (χ4v) is 1.05. The summed E-state index contributed by atoms with van der Waals surface area (Å²) in [7, 11) is 0. The van der Waals surface area contributed by atoms with Gasteiger partial charge in [-0.2, -0.15) is 0 Å². The summed E-state index contributed by atoms with van der Waals surface area (Å²) in [4.78, 5) is 0. The Bertz CT molecular complexity index is 292. The Morgan fingerprint density at radius 1 is 1.38 bits per heavy atom. The summed E-state index contributed by atoms with van der Waals surface area (Å²) in [6.45, 7) is 1.77. The Balaban J connectivity index is 2.74. The largest absolute Gasteiger partial charge is 0.393 e. The molecular weight excluding hydrogens is 164 g/mol. The molecule has 0 aromatic heterocycles. The molecule has 0 radical (unpaired) electrons. The van der Waals surface area contributed by atoms with E-state index >= 15 is 0 Å². The predicted molar refractivity (Wildman–Crippen MR) is 53.3 cm³/mol. The van der Waals surface area contributed by atoms with Crippen LogP contribution >= 0.6 is 0 Å². The van der Waals surface area contributed by atoms with Crippen LogP contribution in [0.3, 0.4) is 0 Å². The Hall–Kier alpha value is -1.12. The molecule has 70 valence electrons. The molecular formula is C11H14O2. The molecule has 0 spiro atoms. The first kappa shape index (κ1) is 9.96. The van der Waals surface area contributed by atoms with E-state index in [1.807, 2.05) is 37.3 Å². The normalized spacial score (nSPS) is 13.5. The summed E-state index contributed by atoms with van der Waals surface area (Å²) < 4.78 is 0. The van der Waals surface area contributed by atoms with Crippen molar-refractivity contribution in [3.05, 3.63) is 41.5 Å². The molecule has 1 atom stereocenters. The molecule has 2 nitrogen and oxygen atoms in total. The maximum atomic E-state index is 9.07. The van der Waals surface area contributed by atoms with Gasteiger partial charge in [0, 0.05) is 0 Å². The van der Waals surface area contributed by atoms with Crippen molar-refractivity contribution in [2.75, 3.05) is 6.61 Å². The third kappa shape index (κ3) is 3.01. The molecule has 0 aliphatic carbocycles. The number of benzene rings is 1. The van der Waals surface area contributed by atoms with Crippen LogP contribution in [0.15, 0.2) is 30.3 Å². The van der Waals surface area contributed by atoms with Crippen molar-refractivity contribution in [2.45, 2.75) is 13.0 Å². The lowest BCUT2D eigenvalue weighted by molar-refractivity contribution is 0.131. The zero-order valence-corrected chi connectivity index (χ0v) is 7.64. The number of aliphatic hydroxyl groups excluding tert-OH is 2. The Morgan fingerprint density at radius 2 is 2.08 bits per heavy atom. The number of aliphatic hydroxyl groups is 2. The molecule has 2 heteroatoms. The first-order valence-electron chi connectivity index (χ1n) is 4.27. The van der Waals surface area contributed by atoms with E-state index in [4.69, 9.17) is 10.2 Å². The van der Waals surface area contributed by atoms with E-state index in [2.05, 4.69) is 0 Å². The zero-order chi connectivity index (χ0) is 9.68. The van der Waals surface area contributed by atoms with E-state index in [9.17, 15) is 0 Å². The number of hydrogen-bond acceptors (Lipinski definition) is 2. The highest BCUT2D eigenvalue weighted by Gasteiger charge is 1.95. The van der Waals surface area contributed by atoms with Crippen LogP contribution in [0, 0.1) is 6.92 Å². The van der Waals surface area contributed by atoms with Crippen LogP contribution in [-0.2, 0) is 0 Å². The molecule has 0 aliphatic rings. The molecule has 0 aliphatic heterocycles. The van der Waals surface area contributed by atoms with Crippen LogP contribution in [-0.4, -0.2) is 22.9 Å². The van der Waals surface area contributed by atoms with E-state index in [1.54, 1.807) is 6.08 Å². The van der Waals surface area contributed by atoms with Crippen molar-refractivity contribution in [3.8, 4) is 0 Å². The average Bonchev–Trinajstić information content (AvgIpc) is 2.16. The molecule has 0 saturated heterocycles. The molecule has 13 heavy (non-hydrogen) atoms. The Morgan fingerprint density at radius 3 is 2.69 bits per heavy atom. The van der Waals surface area contributed by atoms with E-state index in [1.165, 1.54) is 0 Å². The quantitative estimate of drug-likeness (QED) is 0.733. The van der Waals surface area contributed by atoms with Gasteiger partial charge < -0.3 is 10.2 Å². The van der Waals surface area contributed by atoms with Crippen molar-refractivity contribution in [2.24, 2.45) is 0 Å². The maximum absolute atomic E-state index is 9.07. The van der Waals surface area contributed by atoms with Crippen LogP contribution < -0.4 is 0 Å². The molecule has 1 aromatic carbocycles. The molecule has 0 amide bonds. The van der Waals surface area contributed by atoms with Gasteiger partial charge in [-0.3, -0.25) is 0 Å². The predicted octanol–water partition coefficient (Wildman–Crippen LogP) is 1.36. The molecule has 0 heterocycles. The highest BCUT2D eigenvalue weighted by atomic mass is 16.3. The minimum Gasteiger partial charge on any atom is -0.393 e. The van der Waals surface area contributed by atoms with Gasteiger partial charge in [-0.05, 0) is 18.1 Å². The topological polar surface area (TPSA) is 40.5 Å². The molecule has 1 aromatic rings. The zero-order valence-electron chi connectivity index (χ0n) is 7.64. The second-order valence-electron chi connectivity index (χ2n) is 2.97. The Kier molecular flexibility index (Phi) is 3.68. The van der Waals surface area contributed by atoms with E-state index in [-0.39, 0.29) is 6.61 Å². The fourth-order valence-electron chi connectivity index (χ4n) is 1.05. The van der Waals surface area contributed by atoms with E-state index < -0.39 is 6.10 Å². The average molecular weight is 178 g/mol. The van der Waals surface area contributed by atoms with Gasteiger partial charge in [0.1, 0.15) is 0 Å². The van der Waals surface area contributed by atoms with Crippen LogP contribution in [0.2, 0.25) is 0 Å². The van der Waals surface area contributed by atoms with Crippen molar-refractivity contribution >= 4 is 6.08 Å². The van der Waals surface area contributed by atoms with Crippen molar-refractivity contribution < 1.29 is 10.2 Å². The first-order chi connectivity index (χ1) is 6.24. The third-order valence-electron chi connectivity index (χ3n) is 1.87. The second kappa shape index (κ2) is 4.80. The van der Waals surface area contributed by atoms with Crippen LogP contribution in [0.1, 0.15) is 11.1 Å². The summed E-state index contributed by atoms with van der Waals surface area (Å²) in [5, 5.41) is 17.7. The van der Waals surface area contributed by atoms with Gasteiger partial charge in [-0.1, -0.05) is 36.4 Å². The summed E-state index contributed by atoms with van der Waals surface area (Å²) in [6.07, 6.45) is 2.64. The number of hydrogen-bond donors (Lipinski definition) is 2. The standard InChI is InChI=1S/C11H14O2/c1-9-4-2-3-5-10(9)6-7-11(13)8-12/h2-7,11-13H,8H2,1H3/b7-6+. The lowest BCUT2D eigenvalue weighted by atomic mass is 10.1. The highest BCUT2D eigenvalue weighted by molar-refractivity contribution is 5.53. The summed E-state index contributed by atoms with van der Waals surface area (Å²) in [5.41, 5.74) is 2.22. The van der Waals surface area contributed by atoms with Crippen molar-refractivity contribution in [1.29, 1.82) is 0 Å². The lowest BCUT2D eigenvalue weighted by Gasteiger charge is -2.01. The van der Waals surface area contributed by atoms with Crippen molar-refractivity contribution in [3.63, 3.8) is 0 Å². The molecule has 0 saturated carbocycles. The van der Waals surface area contributed by atoms with E-state index in [0.29, 0.717) is 0 Å². The van der Waals surface area contributed by atoms with Gasteiger partial charge in [-0.25, -0.2) is 0 Å². The van der Waals surface area contributed by atoms with Crippen LogP contribution in [0.4, 0.5) is 0 Å². The molecule has 0 fully saturated rings. The minimum absolute atomic E-state index is 0.234. The van der Waals surface area contributed by atoms with Gasteiger partial charge in [0.25, 0.3) is 0 Å². The number of aryl methyl sites for hydroxylation is 1. The molecule has 2 N–H and O–H groups in total. The summed E-state index contributed by atoms with van der Waals surface area (Å²) in [5.74, 6) is 0. The summed E-state index contributed by atoms with van der Waals surface area (Å²) in [6, 6.07) is 7.88. The van der Waals surface area contributed by atoms with Gasteiger partial charge >= 0.3 is 0 Å².